The predicted octanol–water partition coefficient (Wildman–Crippen LogP) is 8.01. The number of benzene rings is 2. The highest BCUT2D eigenvalue weighted by molar-refractivity contribution is 5.86. The monoisotopic (exact) mass is 683 g/mol. The van der Waals surface area contributed by atoms with Crippen molar-refractivity contribution in [1.82, 2.24) is 14.5 Å². The summed E-state index contributed by atoms with van der Waals surface area (Å²) in [5, 5.41) is 10.3. The SMILES string of the molecule is CC(C)c1nc2c(c(-c3ccc(F)cc3)c1C=C[C@@H]1C[C@H](CC(=O)OC(C)(C)C)OC(C)(C)O1)CCCc1cc(-n3c(O)c[nH]c3=O)ccc1-2. The summed E-state index contributed by atoms with van der Waals surface area (Å²) < 4.78 is 33.6. The van der Waals surface area contributed by atoms with Crippen LogP contribution in [0.15, 0.2) is 59.5 Å². The van der Waals surface area contributed by atoms with Gasteiger partial charge in [0.05, 0.1) is 41.9 Å². The molecule has 1 saturated heterocycles. The number of halogens is 1. The minimum atomic E-state index is -0.919. The third-order valence-corrected chi connectivity index (χ3v) is 8.95. The first-order valence-corrected chi connectivity index (χ1v) is 17.3. The van der Waals surface area contributed by atoms with Crippen molar-refractivity contribution in [2.75, 3.05) is 0 Å². The summed E-state index contributed by atoms with van der Waals surface area (Å²) in [6.07, 6.45) is 7.50. The van der Waals surface area contributed by atoms with E-state index in [1.807, 2.05) is 71.0 Å². The molecule has 0 spiro atoms. The number of hydrogen-bond acceptors (Lipinski definition) is 7. The molecule has 2 aliphatic rings. The van der Waals surface area contributed by atoms with Crippen LogP contribution in [0.3, 0.4) is 0 Å². The van der Waals surface area contributed by atoms with E-state index < -0.39 is 17.1 Å². The van der Waals surface area contributed by atoms with Crippen molar-refractivity contribution < 1.29 is 28.5 Å². The van der Waals surface area contributed by atoms with Crippen molar-refractivity contribution in [3.63, 3.8) is 0 Å². The van der Waals surface area contributed by atoms with E-state index >= 15 is 0 Å². The number of fused-ring (bicyclic) bond motifs is 3. The summed E-state index contributed by atoms with van der Waals surface area (Å²) in [5.41, 5.74) is 7.16. The molecule has 2 aromatic carbocycles. The van der Waals surface area contributed by atoms with Crippen molar-refractivity contribution in [3.8, 4) is 34.0 Å². The Hall–Kier alpha value is -4.54. The fourth-order valence-electron chi connectivity index (χ4n) is 7.06. The van der Waals surface area contributed by atoms with Gasteiger partial charge in [-0.3, -0.25) is 9.78 Å². The molecule has 2 atom stereocenters. The van der Waals surface area contributed by atoms with Crippen molar-refractivity contribution in [1.29, 1.82) is 0 Å². The summed E-state index contributed by atoms with van der Waals surface area (Å²) >= 11 is 0. The summed E-state index contributed by atoms with van der Waals surface area (Å²) in [6, 6.07) is 12.3. The molecule has 4 aromatic rings. The van der Waals surface area contributed by atoms with Gasteiger partial charge >= 0.3 is 11.7 Å². The number of aryl methyl sites for hydroxylation is 1. The zero-order chi connectivity index (χ0) is 36.0. The average Bonchev–Trinajstić information content (AvgIpc) is 3.24. The van der Waals surface area contributed by atoms with E-state index in [1.54, 1.807) is 0 Å². The fourth-order valence-corrected chi connectivity index (χ4v) is 7.06. The molecule has 6 rings (SSSR count). The minimum absolute atomic E-state index is 0.0347. The number of hydrogen-bond donors (Lipinski definition) is 2. The summed E-state index contributed by atoms with van der Waals surface area (Å²) in [6.45, 7) is 13.4. The van der Waals surface area contributed by atoms with Crippen LogP contribution in [-0.4, -0.2) is 49.2 Å². The number of rotatable bonds is 7. The number of carbonyl (C=O) groups excluding carboxylic acids is 1. The number of esters is 1. The molecular weight excluding hydrogens is 637 g/mol. The topological polar surface area (TPSA) is 116 Å². The lowest BCUT2D eigenvalue weighted by molar-refractivity contribution is -0.290. The van der Waals surface area contributed by atoms with Gasteiger partial charge in [0.2, 0.25) is 5.88 Å². The van der Waals surface area contributed by atoms with E-state index in [2.05, 4.69) is 24.9 Å². The van der Waals surface area contributed by atoms with Gasteiger partial charge in [-0.1, -0.05) is 44.2 Å². The average molecular weight is 684 g/mol. The standard InChI is InChI=1S/C40H46FN3O6/c1-23(2)36-32(18-16-28-20-29(49-40(6,7)48-28)21-34(46)50-39(3,4)5)35(24-11-13-26(41)14-12-24)31-10-8-9-25-19-27(15-17-30(25)37(31)43-36)44-33(45)22-42-38(44)47/h11-19,22-23,28-29,45H,8-10,20-21H2,1-7H3,(H,42,47)/t28-,29-/m1/s1. The van der Waals surface area contributed by atoms with Crippen molar-refractivity contribution in [3.05, 3.63) is 93.4 Å². The lowest BCUT2D eigenvalue weighted by atomic mass is 9.86. The first kappa shape index (κ1) is 35.3. The first-order chi connectivity index (χ1) is 23.6. The highest BCUT2D eigenvalue weighted by atomic mass is 19.1. The van der Waals surface area contributed by atoms with Crippen LogP contribution >= 0.6 is 0 Å². The van der Waals surface area contributed by atoms with E-state index in [9.17, 15) is 19.1 Å². The molecule has 0 saturated carbocycles. The Morgan fingerprint density at radius 2 is 1.90 bits per heavy atom. The normalized spacial score (nSPS) is 18.9. The third kappa shape index (κ3) is 7.61. The second kappa shape index (κ2) is 13.6. The van der Waals surface area contributed by atoms with E-state index in [1.165, 1.54) is 22.9 Å². The summed E-state index contributed by atoms with van der Waals surface area (Å²) in [4.78, 5) is 33.0. The lowest BCUT2D eigenvalue weighted by Crippen LogP contribution is -2.45. The maximum Gasteiger partial charge on any atom is 0.333 e. The number of imidazole rings is 1. The molecule has 0 radical (unpaired) electrons. The van der Waals surface area contributed by atoms with Gasteiger partial charge in [0.15, 0.2) is 5.79 Å². The molecule has 2 aromatic heterocycles. The number of ether oxygens (including phenoxy) is 3. The van der Waals surface area contributed by atoms with Crippen molar-refractivity contribution >= 4 is 12.0 Å². The zero-order valence-corrected chi connectivity index (χ0v) is 29.8. The van der Waals surface area contributed by atoms with Gasteiger partial charge in [-0.2, -0.15) is 0 Å². The van der Waals surface area contributed by atoms with Gasteiger partial charge in [-0.15, -0.1) is 0 Å². The number of pyridine rings is 1. The van der Waals surface area contributed by atoms with Crippen LogP contribution in [0, 0.1) is 5.82 Å². The number of nitrogens with zero attached hydrogens (tertiary/aromatic N) is 2. The first-order valence-electron chi connectivity index (χ1n) is 17.3. The molecule has 1 fully saturated rings. The van der Waals surface area contributed by atoms with Gasteiger partial charge in [0, 0.05) is 17.5 Å². The Morgan fingerprint density at radius 1 is 1.16 bits per heavy atom. The molecule has 0 bridgehead atoms. The number of aromatic amines is 1. The number of carbonyl (C=O) groups is 1. The summed E-state index contributed by atoms with van der Waals surface area (Å²) in [5.74, 6) is -1.68. The second-order valence-corrected chi connectivity index (χ2v) is 14.9. The van der Waals surface area contributed by atoms with Crippen LogP contribution < -0.4 is 5.69 Å². The van der Waals surface area contributed by atoms with Crippen molar-refractivity contribution in [2.45, 2.75) is 110 Å². The number of nitrogens with one attached hydrogen (secondary N) is 1. The molecule has 3 heterocycles. The number of H-pyrrole nitrogens is 1. The van der Waals surface area contributed by atoms with Crippen LogP contribution in [0.1, 0.15) is 96.0 Å². The largest absolute Gasteiger partial charge is 0.493 e. The molecule has 0 unspecified atom stereocenters. The quantitative estimate of drug-likeness (QED) is 0.190. The molecular formula is C40H46FN3O6. The highest BCUT2D eigenvalue weighted by Crippen LogP contribution is 2.43. The smallest absolute Gasteiger partial charge is 0.333 e. The highest BCUT2D eigenvalue weighted by Gasteiger charge is 2.36. The van der Waals surface area contributed by atoms with Gasteiger partial charge in [-0.05, 0) is 106 Å². The molecule has 1 aliphatic heterocycles. The molecule has 0 amide bonds. The predicted molar refractivity (Wildman–Crippen MR) is 191 cm³/mol. The number of aromatic nitrogens is 3. The van der Waals surface area contributed by atoms with Crippen LogP contribution in [-0.2, 0) is 31.8 Å². The van der Waals surface area contributed by atoms with Crippen molar-refractivity contribution in [2.24, 2.45) is 0 Å². The van der Waals surface area contributed by atoms with Gasteiger partial charge in [0.1, 0.15) is 11.4 Å². The minimum Gasteiger partial charge on any atom is -0.493 e. The Labute approximate surface area is 292 Å². The number of aromatic hydroxyl groups is 1. The van der Waals surface area contributed by atoms with Crippen LogP contribution in [0.5, 0.6) is 5.88 Å². The molecule has 50 heavy (non-hydrogen) atoms. The van der Waals surface area contributed by atoms with Crippen LogP contribution in [0.2, 0.25) is 0 Å². The summed E-state index contributed by atoms with van der Waals surface area (Å²) in [7, 11) is 0. The van der Waals surface area contributed by atoms with E-state index in [0.29, 0.717) is 12.1 Å². The molecule has 1 aliphatic carbocycles. The second-order valence-electron chi connectivity index (χ2n) is 14.9. The van der Waals surface area contributed by atoms with Gasteiger partial charge in [0.25, 0.3) is 0 Å². The van der Waals surface area contributed by atoms with E-state index in [4.69, 9.17) is 19.2 Å². The molecule has 264 valence electrons. The maximum atomic E-state index is 14.3. The van der Waals surface area contributed by atoms with E-state index in [0.717, 1.165) is 64.0 Å². The Morgan fingerprint density at radius 3 is 2.56 bits per heavy atom. The molecule has 10 heteroatoms. The van der Waals surface area contributed by atoms with Gasteiger partial charge < -0.3 is 24.3 Å². The zero-order valence-electron chi connectivity index (χ0n) is 29.8. The van der Waals surface area contributed by atoms with Crippen LogP contribution in [0.25, 0.3) is 34.1 Å². The lowest BCUT2D eigenvalue weighted by Gasteiger charge is -2.40. The Bertz CT molecular complexity index is 1980. The Balaban J connectivity index is 1.45. The van der Waals surface area contributed by atoms with Gasteiger partial charge in [-0.25, -0.2) is 13.8 Å². The molecule has 9 nitrogen and oxygen atoms in total. The Kier molecular flexibility index (Phi) is 9.63. The van der Waals surface area contributed by atoms with E-state index in [-0.39, 0.29) is 42.2 Å². The third-order valence-electron chi connectivity index (χ3n) is 8.95. The fraction of sp³-hybridized carbons (Fsp3) is 0.425. The molecule has 2 N–H and O–H groups in total. The van der Waals surface area contributed by atoms with Crippen LogP contribution in [0.4, 0.5) is 4.39 Å². The maximum absolute atomic E-state index is 14.3.